The number of nitrogens with zero attached hydrogens (tertiary/aromatic N) is 1. The first-order valence-corrected chi connectivity index (χ1v) is 5.53. The molecular weight excluding hydrogens is 212 g/mol. The molecule has 3 aromatic rings. The molecule has 0 atom stereocenters. The Hall–Kier alpha value is -2.29. The molecule has 2 heterocycles. The van der Waals surface area contributed by atoms with Crippen LogP contribution in [0.2, 0.25) is 0 Å². The van der Waals surface area contributed by atoms with Crippen LogP contribution < -0.4 is 5.32 Å². The lowest BCUT2D eigenvalue weighted by atomic mass is 10.1. The van der Waals surface area contributed by atoms with Crippen molar-refractivity contribution < 1.29 is 4.42 Å². The summed E-state index contributed by atoms with van der Waals surface area (Å²) in [6.07, 6.45) is 3.49. The molecule has 0 spiro atoms. The monoisotopic (exact) mass is 224 g/mol. The van der Waals surface area contributed by atoms with Gasteiger partial charge in [0.1, 0.15) is 11.6 Å². The lowest BCUT2D eigenvalue weighted by molar-refractivity contribution is 0.518. The number of fused-ring (bicyclic) bond motifs is 1. The van der Waals surface area contributed by atoms with Gasteiger partial charge in [0.05, 0.1) is 12.8 Å². The molecule has 84 valence electrons. The van der Waals surface area contributed by atoms with Crippen molar-refractivity contribution in [2.24, 2.45) is 0 Å². The Morgan fingerprint density at radius 3 is 2.88 bits per heavy atom. The molecule has 0 fully saturated rings. The van der Waals surface area contributed by atoms with Crippen molar-refractivity contribution in [3.8, 4) is 0 Å². The van der Waals surface area contributed by atoms with Gasteiger partial charge < -0.3 is 9.73 Å². The SMILES string of the molecule is c1coc(CNc2nccc3ccccc23)c1. The first-order valence-electron chi connectivity index (χ1n) is 5.53. The average Bonchev–Trinajstić information content (AvgIpc) is 2.89. The van der Waals surface area contributed by atoms with E-state index in [4.69, 9.17) is 4.42 Å². The Labute approximate surface area is 99.1 Å². The zero-order chi connectivity index (χ0) is 11.5. The molecule has 0 aliphatic heterocycles. The third kappa shape index (κ3) is 1.99. The van der Waals surface area contributed by atoms with Gasteiger partial charge in [-0.2, -0.15) is 0 Å². The van der Waals surface area contributed by atoms with E-state index in [2.05, 4.69) is 22.4 Å². The van der Waals surface area contributed by atoms with E-state index in [0.29, 0.717) is 6.54 Å². The summed E-state index contributed by atoms with van der Waals surface area (Å²) in [7, 11) is 0. The van der Waals surface area contributed by atoms with Gasteiger partial charge >= 0.3 is 0 Å². The fraction of sp³-hybridized carbons (Fsp3) is 0.0714. The molecule has 17 heavy (non-hydrogen) atoms. The minimum absolute atomic E-state index is 0.647. The van der Waals surface area contributed by atoms with Crippen molar-refractivity contribution in [2.45, 2.75) is 6.54 Å². The number of rotatable bonds is 3. The maximum Gasteiger partial charge on any atom is 0.134 e. The van der Waals surface area contributed by atoms with E-state index in [1.54, 1.807) is 6.26 Å². The maximum absolute atomic E-state index is 5.28. The Kier molecular flexibility index (Phi) is 2.50. The molecule has 3 nitrogen and oxygen atoms in total. The first kappa shape index (κ1) is 9.90. The normalized spacial score (nSPS) is 10.6. The summed E-state index contributed by atoms with van der Waals surface area (Å²) in [5.74, 6) is 1.79. The predicted octanol–water partition coefficient (Wildman–Crippen LogP) is 3.44. The minimum atomic E-state index is 0.647. The van der Waals surface area contributed by atoms with E-state index < -0.39 is 0 Å². The van der Waals surface area contributed by atoms with Crippen molar-refractivity contribution in [3.63, 3.8) is 0 Å². The fourth-order valence-electron chi connectivity index (χ4n) is 1.84. The largest absolute Gasteiger partial charge is 0.467 e. The molecule has 0 aliphatic carbocycles. The van der Waals surface area contributed by atoms with E-state index in [9.17, 15) is 0 Å². The molecule has 0 radical (unpaired) electrons. The second kappa shape index (κ2) is 4.29. The Morgan fingerprint density at radius 1 is 1.06 bits per heavy atom. The third-order valence-electron chi connectivity index (χ3n) is 2.68. The fourth-order valence-corrected chi connectivity index (χ4v) is 1.84. The van der Waals surface area contributed by atoms with Crippen molar-refractivity contribution in [1.29, 1.82) is 0 Å². The highest BCUT2D eigenvalue weighted by Crippen LogP contribution is 2.20. The summed E-state index contributed by atoms with van der Waals surface area (Å²) in [5, 5.41) is 5.60. The molecule has 1 aromatic carbocycles. The highest BCUT2D eigenvalue weighted by atomic mass is 16.3. The van der Waals surface area contributed by atoms with Gasteiger partial charge in [-0.25, -0.2) is 4.98 Å². The molecule has 1 N–H and O–H groups in total. The van der Waals surface area contributed by atoms with Gasteiger partial charge in [0.2, 0.25) is 0 Å². The molecule has 2 aromatic heterocycles. The number of aromatic nitrogens is 1. The highest BCUT2D eigenvalue weighted by molar-refractivity contribution is 5.91. The van der Waals surface area contributed by atoms with Crippen LogP contribution in [0.4, 0.5) is 5.82 Å². The lowest BCUT2D eigenvalue weighted by Crippen LogP contribution is -2.00. The van der Waals surface area contributed by atoms with Gasteiger partial charge in [-0.15, -0.1) is 0 Å². The third-order valence-corrected chi connectivity index (χ3v) is 2.68. The van der Waals surface area contributed by atoms with Crippen LogP contribution in [0, 0.1) is 0 Å². The Morgan fingerprint density at radius 2 is 2.00 bits per heavy atom. The zero-order valence-corrected chi connectivity index (χ0v) is 9.26. The number of nitrogens with one attached hydrogen (secondary N) is 1. The molecule has 0 amide bonds. The second-order valence-corrected chi connectivity index (χ2v) is 3.81. The number of pyridine rings is 1. The standard InChI is InChI=1S/C14H12N2O/c1-2-6-13-11(4-1)7-8-15-14(13)16-10-12-5-3-9-17-12/h1-9H,10H2,(H,15,16). The van der Waals surface area contributed by atoms with E-state index in [1.165, 1.54) is 5.39 Å². The second-order valence-electron chi connectivity index (χ2n) is 3.81. The topological polar surface area (TPSA) is 38.1 Å². The predicted molar refractivity (Wildman–Crippen MR) is 67.8 cm³/mol. The van der Waals surface area contributed by atoms with Crippen molar-refractivity contribution >= 4 is 16.6 Å². The molecule has 3 rings (SSSR count). The molecule has 0 bridgehead atoms. The van der Waals surface area contributed by atoms with Crippen molar-refractivity contribution in [2.75, 3.05) is 5.32 Å². The lowest BCUT2D eigenvalue weighted by Gasteiger charge is -2.06. The molecule has 0 saturated heterocycles. The summed E-state index contributed by atoms with van der Waals surface area (Å²) in [6.45, 7) is 0.647. The molecule has 0 aliphatic rings. The highest BCUT2D eigenvalue weighted by Gasteiger charge is 2.01. The maximum atomic E-state index is 5.28. The van der Waals surface area contributed by atoms with Crippen LogP contribution >= 0.6 is 0 Å². The van der Waals surface area contributed by atoms with Crippen LogP contribution in [-0.4, -0.2) is 4.98 Å². The van der Waals surface area contributed by atoms with E-state index in [1.807, 2.05) is 36.5 Å². The number of hydrogen-bond acceptors (Lipinski definition) is 3. The van der Waals surface area contributed by atoms with Gasteiger partial charge in [-0.1, -0.05) is 24.3 Å². The Bertz CT molecular complexity index is 612. The van der Waals surface area contributed by atoms with Gasteiger partial charge in [-0.05, 0) is 23.6 Å². The summed E-state index contributed by atoms with van der Waals surface area (Å²) in [5.41, 5.74) is 0. The number of benzene rings is 1. The van der Waals surface area contributed by atoms with E-state index >= 15 is 0 Å². The van der Waals surface area contributed by atoms with Gasteiger partial charge in [0, 0.05) is 11.6 Å². The number of hydrogen-bond donors (Lipinski definition) is 1. The molecular formula is C14H12N2O. The zero-order valence-electron chi connectivity index (χ0n) is 9.26. The van der Waals surface area contributed by atoms with Crippen LogP contribution in [-0.2, 0) is 6.54 Å². The van der Waals surface area contributed by atoms with Gasteiger partial charge in [0.25, 0.3) is 0 Å². The van der Waals surface area contributed by atoms with Crippen LogP contribution in [0.1, 0.15) is 5.76 Å². The quantitative estimate of drug-likeness (QED) is 0.740. The summed E-state index contributed by atoms with van der Waals surface area (Å²) < 4.78 is 5.28. The van der Waals surface area contributed by atoms with E-state index in [0.717, 1.165) is 17.0 Å². The summed E-state index contributed by atoms with van der Waals surface area (Å²) in [6, 6.07) is 14.0. The Balaban J connectivity index is 1.90. The van der Waals surface area contributed by atoms with E-state index in [-0.39, 0.29) is 0 Å². The summed E-state index contributed by atoms with van der Waals surface area (Å²) >= 11 is 0. The molecule has 0 unspecified atom stereocenters. The van der Waals surface area contributed by atoms with Gasteiger partial charge in [0.15, 0.2) is 0 Å². The number of anilines is 1. The van der Waals surface area contributed by atoms with Crippen molar-refractivity contribution in [3.05, 3.63) is 60.7 Å². The van der Waals surface area contributed by atoms with Crippen LogP contribution in [0.5, 0.6) is 0 Å². The van der Waals surface area contributed by atoms with Gasteiger partial charge in [-0.3, -0.25) is 0 Å². The van der Waals surface area contributed by atoms with Crippen LogP contribution in [0.3, 0.4) is 0 Å². The molecule has 3 heteroatoms. The average molecular weight is 224 g/mol. The summed E-state index contributed by atoms with van der Waals surface area (Å²) in [4.78, 5) is 4.35. The number of furan rings is 1. The van der Waals surface area contributed by atoms with Crippen LogP contribution in [0.25, 0.3) is 10.8 Å². The minimum Gasteiger partial charge on any atom is -0.467 e. The van der Waals surface area contributed by atoms with Crippen molar-refractivity contribution in [1.82, 2.24) is 4.98 Å². The molecule has 0 saturated carbocycles. The van der Waals surface area contributed by atoms with Crippen LogP contribution in [0.15, 0.2) is 59.3 Å². The first-order chi connectivity index (χ1) is 8.43. The smallest absolute Gasteiger partial charge is 0.134 e.